The smallest absolute Gasteiger partial charge is 0.181 e. The Balaban J connectivity index is 0.00000141. The maximum atomic E-state index is 13.4. The molecule has 0 atom stereocenters. The number of aryl methyl sites for hydroxylation is 1. The SMILES string of the molecule is CON.Cc1ccc(C(=O)C2C(=O)C(C)(C)C(C)(CC=O)C(C)(C)C2=O)c(C)c1C. The Hall–Kier alpha value is -2.18. The first-order valence-electron chi connectivity index (χ1n) is 10.0. The van der Waals surface area contributed by atoms with Gasteiger partial charge in [0.05, 0.1) is 7.11 Å². The zero-order chi connectivity index (χ0) is 23.7. The van der Waals surface area contributed by atoms with E-state index in [1.165, 1.54) is 7.11 Å². The molecule has 0 heterocycles. The Kier molecular flexibility index (Phi) is 7.67. The molecular formula is C24H35NO5. The molecule has 0 spiro atoms. The average Bonchev–Trinajstić information content (AvgIpc) is 2.65. The van der Waals surface area contributed by atoms with Crippen LogP contribution < -0.4 is 5.90 Å². The highest BCUT2D eigenvalue weighted by molar-refractivity contribution is 6.28. The predicted octanol–water partition coefficient (Wildman–Crippen LogP) is 3.72. The molecule has 2 rings (SSSR count). The maximum absolute atomic E-state index is 13.4. The van der Waals surface area contributed by atoms with Gasteiger partial charge in [-0.2, -0.15) is 0 Å². The second-order valence-corrected chi connectivity index (χ2v) is 9.39. The van der Waals surface area contributed by atoms with Crippen LogP contribution in [0.3, 0.4) is 0 Å². The molecule has 1 saturated carbocycles. The minimum absolute atomic E-state index is 0.0913. The molecule has 0 aliphatic heterocycles. The first kappa shape index (κ1) is 25.9. The van der Waals surface area contributed by atoms with Crippen molar-refractivity contribution in [2.45, 2.75) is 61.8 Å². The lowest BCUT2D eigenvalue weighted by Gasteiger charge is -2.56. The van der Waals surface area contributed by atoms with E-state index in [2.05, 4.69) is 10.7 Å². The lowest BCUT2D eigenvalue weighted by Crippen LogP contribution is -2.64. The van der Waals surface area contributed by atoms with Gasteiger partial charge in [-0.25, -0.2) is 5.90 Å². The van der Waals surface area contributed by atoms with Crippen molar-refractivity contribution in [1.82, 2.24) is 0 Å². The van der Waals surface area contributed by atoms with Gasteiger partial charge >= 0.3 is 0 Å². The van der Waals surface area contributed by atoms with E-state index in [1.54, 1.807) is 40.7 Å². The van der Waals surface area contributed by atoms with E-state index < -0.39 is 27.9 Å². The molecule has 1 fully saturated rings. The maximum Gasteiger partial charge on any atom is 0.181 e. The molecule has 1 aromatic carbocycles. The van der Waals surface area contributed by atoms with Crippen LogP contribution in [0.25, 0.3) is 0 Å². The molecule has 6 heteroatoms. The van der Waals surface area contributed by atoms with Crippen molar-refractivity contribution in [2.24, 2.45) is 28.1 Å². The van der Waals surface area contributed by atoms with Gasteiger partial charge in [0.25, 0.3) is 0 Å². The lowest BCUT2D eigenvalue weighted by atomic mass is 9.43. The fraction of sp³-hybridized carbons (Fsp3) is 0.583. The number of aldehydes is 1. The Morgan fingerprint density at radius 2 is 1.43 bits per heavy atom. The van der Waals surface area contributed by atoms with E-state index in [4.69, 9.17) is 0 Å². The second kappa shape index (κ2) is 8.90. The molecule has 0 aromatic heterocycles. The van der Waals surface area contributed by atoms with Crippen LogP contribution in [-0.2, 0) is 19.2 Å². The van der Waals surface area contributed by atoms with E-state index in [-0.39, 0.29) is 18.0 Å². The van der Waals surface area contributed by atoms with Crippen LogP contribution in [0.15, 0.2) is 12.1 Å². The average molecular weight is 418 g/mol. The van der Waals surface area contributed by atoms with Crippen LogP contribution in [0.2, 0.25) is 0 Å². The minimum Gasteiger partial charge on any atom is -0.308 e. The monoisotopic (exact) mass is 417 g/mol. The van der Waals surface area contributed by atoms with Crippen LogP contribution in [0, 0.1) is 42.9 Å². The summed E-state index contributed by atoms with van der Waals surface area (Å²) < 4.78 is 0. The number of Topliss-reactive ketones (excluding diaryl/α,β-unsaturated/α-hetero) is 3. The Morgan fingerprint density at radius 1 is 1.00 bits per heavy atom. The van der Waals surface area contributed by atoms with Crippen molar-refractivity contribution in [3.05, 3.63) is 34.4 Å². The second-order valence-electron chi connectivity index (χ2n) is 9.39. The summed E-state index contributed by atoms with van der Waals surface area (Å²) in [6.45, 7) is 14.5. The van der Waals surface area contributed by atoms with Crippen molar-refractivity contribution in [3.63, 3.8) is 0 Å². The molecule has 0 bridgehead atoms. The summed E-state index contributed by atoms with van der Waals surface area (Å²) in [5, 5.41) is 0. The van der Waals surface area contributed by atoms with Crippen molar-refractivity contribution in [2.75, 3.05) is 7.11 Å². The third kappa shape index (κ3) is 3.79. The number of carbonyl (C=O) groups is 4. The summed E-state index contributed by atoms with van der Waals surface area (Å²) in [4.78, 5) is 55.1. The van der Waals surface area contributed by atoms with Gasteiger partial charge in [-0.1, -0.05) is 46.8 Å². The molecule has 1 aromatic rings. The summed E-state index contributed by atoms with van der Waals surface area (Å²) in [6, 6.07) is 3.56. The zero-order valence-electron chi connectivity index (χ0n) is 19.6. The molecule has 6 nitrogen and oxygen atoms in total. The molecule has 1 aliphatic carbocycles. The minimum atomic E-state index is -1.32. The van der Waals surface area contributed by atoms with Crippen molar-refractivity contribution in [3.8, 4) is 0 Å². The van der Waals surface area contributed by atoms with Crippen LogP contribution >= 0.6 is 0 Å². The Bertz CT molecular complexity index is 839. The summed E-state index contributed by atoms with van der Waals surface area (Å²) in [7, 11) is 1.40. The highest BCUT2D eigenvalue weighted by atomic mass is 16.6. The molecule has 166 valence electrons. The quantitative estimate of drug-likeness (QED) is 0.347. The van der Waals surface area contributed by atoms with Crippen molar-refractivity contribution >= 4 is 23.6 Å². The Morgan fingerprint density at radius 3 is 1.83 bits per heavy atom. The molecule has 0 amide bonds. The number of hydrogen-bond donors (Lipinski definition) is 1. The van der Waals surface area contributed by atoms with Gasteiger partial charge in [-0.15, -0.1) is 0 Å². The van der Waals surface area contributed by atoms with E-state index in [1.807, 2.05) is 26.8 Å². The fourth-order valence-corrected chi connectivity index (χ4v) is 4.46. The van der Waals surface area contributed by atoms with Crippen molar-refractivity contribution < 1.29 is 24.0 Å². The van der Waals surface area contributed by atoms with E-state index in [9.17, 15) is 19.2 Å². The van der Waals surface area contributed by atoms with Gasteiger partial charge in [-0.05, 0) is 42.9 Å². The van der Waals surface area contributed by atoms with Crippen LogP contribution in [-0.4, -0.2) is 30.7 Å². The van der Waals surface area contributed by atoms with Gasteiger partial charge in [0, 0.05) is 22.8 Å². The van der Waals surface area contributed by atoms with Gasteiger partial charge < -0.3 is 9.63 Å². The lowest BCUT2D eigenvalue weighted by molar-refractivity contribution is -0.168. The van der Waals surface area contributed by atoms with Gasteiger partial charge in [-0.3, -0.25) is 14.4 Å². The predicted molar refractivity (Wildman–Crippen MR) is 116 cm³/mol. The molecule has 2 N–H and O–H groups in total. The number of hydrogen-bond acceptors (Lipinski definition) is 6. The van der Waals surface area contributed by atoms with E-state index >= 15 is 0 Å². The van der Waals surface area contributed by atoms with Gasteiger partial charge in [0.1, 0.15) is 12.2 Å². The summed E-state index contributed by atoms with van der Waals surface area (Å²) in [5.41, 5.74) is 0.446. The summed E-state index contributed by atoms with van der Waals surface area (Å²) >= 11 is 0. The standard InChI is InChI=1S/C23H30O4.CH5NO/c1-13-9-10-16(15(3)14(13)2)18(25)17-19(26)21(4,5)23(8,11-12-24)22(6,7)20(17)27;1-3-2/h9-10,12,17H,11H2,1-8H3;2H2,1H3. The number of benzene rings is 1. The first-order chi connectivity index (χ1) is 13.7. The highest BCUT2D eigenvalue weighted by Gasteiger charge is 2.66. The van der Waals surface area contributed by atoms with Gasteiger partial charge in [0.15, 0.2) is 17.3 Å². The molecular weight excluding hydrogens is 382 g/mol. The van der Waals surface area contributed by atoms with Crippen LogP contribution in [0.1, 0.15) is 68.1 Å². The third-order valence-electron chi connectivity index (χ3n) is 7.59. The number of nitrogens with two attached hydrogens (primary N) is 1. The molecule has 0 saturated heterocycles. The Labute approximate surface area is 179 Å². The topological polar surface area (TPSA) is 104 Å². The summed E-state index contributed by atoms with van der Waals surface area (Å²) in [5.74, 6) is 1.81. The van der Waals surface area contributed by atoms with E-state index in [0.717, 1.165) is 23.0 Å². The largest absolute Gasteiger partial charge is 0.308 e. The molecule has 0 radical (unpaired) electrons. The van der Waals surface area contributed by atoms with Gasteiger partial charge in [0.2, 0.25) is 0 Å². The third-order valence-corrected chi connectivity index (χ3v) is 7.59. The van der Waals surface area contributed by atoms with E-state index in [0.29, 0.717) is 5.56 Å². The number of rotatable bonds is 4. The van der Waals surface area contributed by atoms with Crippen LogP contribution in [0.5, 0.6) is 0 Å². The van der Waals surface area contributed by atoms with Crippen LogP contribution in [0.4, 0.5) is 0 Å². The molecule has 0 unspecified atom stereocenters. The van der Waals surface area contributed by atoms with Crippen molar-refractivity contribution in [1.29, 1.82) is 0 Å². The molecule has 30 heavy (non-hydrogen) atoms. The highest BCUT2D eigenvalue weighted by Crippen LogP contribution is 2.59. The zero-order valence-corrected chi connectivity index (χ0v) is 19.6. The number of ketones is 3. The normalized spacial score (nSPS) is 24.7. The molecule has 1 aliphatic rings. The fourth-order valence-electron chi connectivity index (χ4n) is 4.46. The number of carbonyl (C=O) groups excluding carboxylic acids is 4. The first-order valence-corrected chi connectivity index (χ1v) is 10.0. The summed E-state index contributed by atoms with van der Waals surface area (Å²) in [6.07, 6.45) is 0.855.